The number of carbonyl (C=O) groups excluding carboxylic acids is 1. The maximum Gasteiger partial charge on any atom is 0.229 e. The maximum absolute atomic E-state index is 12.5. The van der Waals surface area contributed by atoms with Gasteiger partial charge in [0.15, 0.2) is 5.65 Å². The molecule has 6 heteroatoms. The van der Waals surface area contributed by atoms with E-state index >= 15 is 0 Å². The second-order valence-corrected chi connectivity index (χ2v) is 7.57. The van der Waals surface area contributed by atoms with Crippen LogP contribution in [0.1, 0.15) is 65.0 Å². The highest BCUT2D eigenvalue weighted by Crippen LogP contribution is 2.42. The van der Waals surface area contributed by atoms with E-state index in [1.165, 1.54) is 6.42 Å². The zero-order valence-corrected chi connectivity index (χ0v) is 15.6. The van der Waals surface area contributed by atoms with Gasteiger partial charge in [0, 0.05) is 11.2 Å². The molecule has 1 amide bonds. The lowest BCUT2D eigenvalue weighted by Crippen LogP contribution is -2.39. The summed E-state index contributed by atoms with van der Waals surface area (Å²) in [6.07, 6.45) is 4.43. The minimum absolute atomic E-state index is 0.0655. The number of hydrogen-bond donors (Lipinski definition) is 2. The smallest absolute Gasteiger partial charge is 0.229 e. The molecular formula is C19H28N4O2. The van der Waals surface area contributed by atoms with Gasteiger partial charge in [-0.3, -0.25) is 14.7 Å². The molecule has 2 heterocycles. The number of fused-ring (bicyclic) bond motifs is 1. The van der Waals surface area contributed by atoms with Crippen LogP contribution in [-0.4, -0.2) is 31.1 Å². The lowest BCUT2D eigenvalue weighted by molar-refractivity contribution is -0.121. The third-order valence-corrected chi connectivity index (χ3v) is 5.67. The molecule has 3 rings (SSSR count). The van der Waals surface area contributed by atoms with Gasteiger partial charge in [0.2, 0.25) is 11.9 Å². The number of nitrogens with zero attached hydrogens (tertiary/aromatic N) is 3. The zero-order valence-electron chi connectivity index (χ0n) is 15.6. The first-order valence-corrected chi connectivity index (χ1v) is 9.19. The van der Waals surface area contributed by atoms with Crippen LogP contribution in [0.5, 0.6) is 0 Å². The van der Waals surface area contributed by atoms with Crippen molar-refractivity contribution in [2.45, 2.75) is 77.4 Å². The van der Waals surface area contributed by atoms with E-state index in [1.54, 1.807) is 0 Å². The monoisotopic (exact) mass is 344 g/mol. The summed E-state index contributed by atoms with van der Waals surface area (Å²) in [5.41, 5.74) is 1.51. The summed E-state index contributed by atoms with van der Waals surface area (Å²) in [5.74, 6) is 0.331. The minimum Gasteiger partial charge on any atom is -0.389 e. The Hall–Kier alpha value is -1.95. The molecular weight excluding hydrogens is 316 g/mol. The standard InChI is InChI=1S/C19H28N4O2/c1-5-19(25,6-2)12-15(24)22-17-21-14-9-8-13(3)20-16(14)23(17)18(4)10-7-11-18/h8-9,25H,5-7,10-12H2,1-4H3,(H,21,22,24). The van der Waals surface area contributed by atoms with E-state index in [1.807, 2.05) is 32.9 Å². The van der Waals surface area contributed by atoms with E-state index < -0.39 is 5.60 Å². The van der Waals surface area contributed by atoms with Crippen molar-refractivity contribution < 1.29 is 9.90 Å². The number of nitrogens with one attached hydrogen (secondary N) is 1. The van der Waals surface area contributed by atoms with Gasteiger partial charge < -0.3 is 5.11 Å². The Labute approximate surface area is 148 Å². The maximum atomic E-state index is 12.5. The predicted molar refractivity (Wildman–Crippen MR) is 98.5 cm³/mol. The predicted octanol–water partition coefficient (Wildman–Crippen LogP) is 3.52. The normalized spacial score (nSPS) is 16.7. The fourth-order valence-electron chi connectivity index (χ4n) is 3.53. The molecule has 0 radical (unpaired) electrons. The van der Waals surface area contributed by atoms with Crippen molar-refractivity contribution in [2.75, 3.05) is 5.32 Å². The number of imidazole rings is 1. The van der Waals surface area contributed by atoms with Gasteiger partial charge in [0.05, 0.1) is 12.0 Å². The second-order valence-electron chi connectivity index (χ2n) is 7.57. The summed E-state index contributed by atoms with van der Waals surface area (Å²) in [4.78, 5) is 21.8. The number of aliphatic hydroxyl groups is 1. The highest BCUT2D eigenvalue weighted by atomic mass is 16.3. The lowest BCUT2D eigenvalue weighted by atomic mass is 9.78. The molecule has 0 bridgehead atoms. The average molecular weight is 344 g/mol. The van der Waals surface area contributed by atoms with E-state index in [-0.39, 0.29) is 17.9 Å². The SMILES string of the molecule is CCC(O)(CC)CC(=O)Nc1nc2ccc(C)nc2n1C1(C)CCC1. The molecule has 0 unspecified atom stereocenters. The lowest BCUT2D eigenvalue weighted by Gasteiger charge is -2.40. The molecule has 1 fully saturated rings. The largest absolute Gasteiger partial charge is 0.389 e. The first-order valence-electron chi connectivity index (χ1n) is 9.19. The number of aromatic nitrogens is 3. The molecule has 136 valence electrons. The molecule has 0 aromatic carbocycles. The molecule has 6 nitrogen and oxygen atoms in total. The van der Waals surface area contributed by atoms with E-state index in [9.17, 15) is 9.90 Å². The van der Waals surface area contributed by atoms with Crippen LogP contribution < -0.4 is 5.32 Å². The summed E-state index contributed by atoms with van der Waals surface area (Å²) >= 11 is 0. The van der Waals surface area contributed by atoms with E-state index in [2.05, 4.69) is 26.8 Å². The Morgan fingerprint density at radius 1 is 1.32 bits per heavy atom. The topological polar surface area (TPSA) is 80.0 Å². The van der Waals surface area contributed by atoms with Crippen LogP contribution in [0.4, 0.5) is 5.95 Å². The van der Waals surface area contributed by atoms with Crippen molar-refractivity contribution in [1.82, 2.24) is 14.5 Å². The molecule has 1 saturated carbocycles. The summed E-state index contributed by atoms with van der Waals surface area (Å²) in [6.45, 7) is 7.94. The molecule has 2 N–H and O–H groups in total. The van der Waals surface area contributed by atoms with Crippen molar-refractivity contribution in [3.05, 3.63) is 17.8 Å². The number of amides is 1. The first kappa shape index (κ1) is 17.9. The molecule has 1 aliphatic carbocycles. The molecule has 0 atom stereocenters. The average Bonchev–Trinajstić information content (AvgIpc) is 2.89. The van der Waals surface area contributed by atoms with E-state index in [0.29, 0.717) is 18.8 Å². The number of rotatable bonds is 6. The summed E-state index contributed by atoms with van der Waals surface area (Å²) in [5, 5.41) is 13.4. The fraction of sp³-hybridized carbons (Fsp3) is 0.632. The quantitative estimate of drug-likeness (QED) is 0.840. The van der Waals surface area contributed by atoms with Gasteiger partial charge in [-0.25, -0.2) is 9.97 Å². The van der Waals surface area contributed by atoms with E-state index in [4.69, 9.17) is 0 Å². The summed E-state index contributed by atoms with van der Waals surface area (Å²) in [6, 6.07) is 3.88. The van der Waals surface area contributed by atoms with Crippen molar-refractivity contribution in [3.63, 3.8) is 0 Å². The highest BCUT2D eigenvalue weighted by Gasteiger charge is 2.38. The number of carbonyl (C=O) groups is 1. The number of aryl methyl sites for hydroxylation is 1. The van der Waals surface area contributed by atoms with Gasteiger partial charge in [-0.2, -0.15) is 0 Å². The first-order chi connectivity index (χ1) is 11.8. The molecule has 0 spiro atoms. The van der Waals surface area contributed by atoms with Crippen LogP contribution >= 0.6 is 0 Å². The van der Waals surface area contributed by atoms with Gasteiger partial charge >= 0.3 is 0 Å². The zero-order chi connectivity index (χ0) is 18.2. The van der Waals surface area contributed by atoms with Crippen LogP contribution in [0.25, 0.3) is 11.2 Å². The summed E-state index contributed by atoms with van der Waals surface area (Å²) < 4.78 is 2.08. The van der Waals surface area contributed by atoms with Crippen LogP contribution in [0.3, 0.4) is 0 Å². The van der Waals surface area contributed by atoms with Crippen molar-refractivity contribution in [3.8, 4) is 0 Å². The molecule has 25 heavy (non-hydrogen) atoms. The van der Waals surface area contributed by atoms with Crippen LogP contribution in [0.2, 0.25) is 0 Å². The third-order valence-electron chi connectivity index (χ3n) is 5.67. The van der Waals surface area contributed by atoms with Crippen molar-refractivity contribution in [2.24, 2.45) is 0 Å². The van der Waals surface area contributed by atoms with Crippen molar-refractivity contribution >= 4 is 23.0 Å². The van der Waals surface area contributed by atoms with E-state index in [0.717, 1.165) is 29.7 Å². The summed E-state index contributed by atoms with van der Waals surface area (Å²) in [7, 11) is 0. The molecule has 2 aromatic rings. The Bertz CT molecular complexity index is 788. The highest BCUT2D eigenvalue weighted by molar-refractivity contribution is 5.91. The van der Waals surface area contributed by atoms with Gasteiger partial charge in [-0.05, 0) is 58.1 Å². The van der Waals surface area contributed by atoms with Gasteiger partial charge in [-0.1, -0.05) is 13.8 Å². The van der Waals surface area contributed by atoms with Crippen LogP contribution in [-0.2, 0) is 10.3 Å². The second kappa shape index (κ2) is 6.41. The number of anilines is 1. The van der Waals surface area contributed by atoms with Gasteiger partial charge in [0.25, 0.3) is 0 Å². The third kappa shape index (κ3) is 3.27. The fourth-order valence-corrected chi connectivity index (χ4v) is 3.53. The van der Waals surface area contributed by atoms with Gasteiger partial charge in [0.1, 0.15) is 5.52 Å². The van der Waals surface area contributed by atoms with Crippen LogP contribution in [0, 0.1) is 6.92 Å². The minimum atomic E-state index is -0.962. The van der Waals surface area contributed by atoms with Crippen molar-refractivity contribution in [1.29, 1.82) is 0 Å². The Morgan fingerprint density at radius 2 is 2.00 bits per heavy atom. The molecule has 0 aliphatic heterocycles. The molecule has 1 aliphatic rings. The Balaban J connectivity index is 1.96. The van der Waals surface area contributed by atoms with Crippen LogP contribution in [0.15, 0.2) is 12.1 Å². The number of pyridine rings is 1. The Morgan fingerprint density at radius 3 is 2.56 bits per heavy atom. The molecule has 2 aromatic heterocycles. The van der Waals surface area contributed by atoms with Gasteiger partial charge in [-0.15, -0.1) is 0 Å². The number of hydrogen-bond acceptors (Lipinski definition) is 4. The molecule has 0 saturated heterocycles. The Kier molecular flexibility index (Phi) is 4.58.